The molecule has 5 aliphatic rings. The average Bonchev–Trinajstić information content (AvgIpc) is 1.63. The number of fused-ring (bicyclic) bond motifs is 12. The maximum Gasteiger partial charge on any atom is 0.152 e. The molecule has 8 nitrogen and oxygen atoms in total. The van der Waals surface area contributed by atoms with E-state index in [0.29, 0.717) is 18.1 Å². The monoisotopic (exact) mass is 1120 g/mol. The number of hydrogen-bond acceptors (Lipinski definition) is 5. The number of nitrogens with zero attached hydrogens (tertiary/aromatic N) is 8. The van der Waals surface area contributed by atoms with Crippen molar-refractivity contribution in [1.82, 2.24) is 33.6 Å². The highest BCUT2D eigenvalue weighted by Gasteiger charge is 2.59. The van der Waals surface area contributed by atoms with Crippen molar-refractivity contribution in [3.63, 3.8) is 0 Å². The molecule has 2 bridgehead atoms. The summed E-state index contributed by atoms with van der Waals surface area (Å²) < 4.78 is 7.07. The van der Waals surface area contributed by atoms with Crippen LogP contribution in [0.2, 0.25) is 0 Å². The summed E-state index contributed by atoms with van der Waals surface area (Å²) in [5.41, 5.74) is 13.7. The van der Waals surface area contributed by atoms with Crippen LogP contribution in [0.3, 0.4) is 0 Å². The Bertz CT molecular complexity index is 5080. The third kappa shape index (κ3) is 6.67. The van der Waals surface area contributed by atoms with Crippen molar-refractivity contribution < 1.29 is 0 Å². The normalized spacial score (nSPS) is 18.6. The van der Waals surface area contributed by atoms with Gasteiger partial charge in [-0.05, 0) is 87.8 Å². The average molecular weight is 1120 g/mol. The molecular formula is C79H56N8. The third-order valence-electron chi connectivity index (χ3n) is 19.2. The van der Waals surface area contributed by atoms with Crippen LogP contribution in [-0.2, 0) is 17.3 Å². The molecule has 0 saturated heterocycles. The van der Waals surface area contributed by atoms with Crippen molar-refractivity contribution in [3.8, 4) is 17.5 Å². The van der Waals surface area contributed by atoms with Gasteiger partial charge in [-0.15, -0.1) is 0 Å². The van der Waals surface area contributed by atoms with Crippen LogP contribution in [-0.4, -0.2) is 39.7 Å². The molecule has 0 fully saturated rings. The van der Waals surface area contributed by atoms with Gasteiger partial charge in [0, 0.05) is 56.1 Å². The molecule has 15 aromatic rings. The lowest BCUT2D eigenvalue weighted by atomic mass is 9.57. The van der Waals surface area contributed by atoms with Crippen LogP contribution in [0.15, 0.2) is 279 Å². The Morgan fingerprint density at radius 2 is 0.701 bits per heavy atom. The maximum absolute atomic E-state index is 6.12. The van der Waals surface area contributed by atoms with E-state index in [4.69, 9.17) is 19.9 Å². The standard InChI is InChI=1S/C77H50N8.C2H6/c1-10-32-57-48(23-1)47-76(74-78-70(82-62-37-15-2-24-49(62)50-25-3-16-38-63(50)82)45-71(79-74)83-64-39-17-4-26-51(64)52-27-5-18-40-65(52)83)58-33-11-13-35-60(58)77(57,61-36-14-12-34-59(61)76)75-80-72(84-66-41-19-6-28-53(66)54-29-7-20-42-67(54)84)46-73(81-75)85-68-43-21-8-30-55(68)56-31-9-22-44-69(56)85;1-2/h1-46,53,66H,47H2;1-2H3. The van der Waals surface area contributed by atoms with Gasteiger partial charge in [0.25, 0.3) is 0 Å². The van der Waals surface area contributed by atoms with Gasteiger partial charge in [-0.2, -0.15) is 0 Å². The highest BCUT2D eigenvalue weighted by molar-refractivity contribution is 6.11. The van der Waals surface area contributed by atoms with Crippen LogP contribution in [0.5, 0.6) is 0 Å². The number of benzene rings is 10. The van der Waals surface area contributed by atoms with Crippen molar-refractivity contribution in [3.05, 3.63) is 330 Å². The first-order valence-electron chi connectivity index (χ1n) is 30.4. The van der Waals surface area contributed by atoms with Crippen molar-refractivity contribution >= 4 is 76.9 Å². The molecule has 0 saturated carbocycles. The summed E-state index contributed by atoms with van der Waals surface area (Å²) in [4.78, 5) is 26.8. The van der Waals surface area contributed by atoms with E-state index in [1.807, 2.05) is 13.8 Å². The highest BCUT2D eigenvalue weighted by Crippen LogP contribution is 2.62. The zero-order valence-electron chi connectivity index (χ0n) is 48.0. The first-order chi connectivity index (χ1) is 43.2. The van der Waals surface area contributed by atoms with Crippen LogP contribution in [0, 0.1) is 0 Å². The highest BCUT2D eigenvalue weighted by atomic mass is 15.3. The smallest absolute Gasteiger partial charge is 0.152 e. The zero-order valence-corrected chi connectivity index (χ0v) is 48.0. The van der Waals surface area contributed by atoms with E-state index >= 15 is 0 Å². The lowest BCUT2D eigenvalue weighted by Crippen LogP contribution is -2.45. The van der Waals surface area contributed by atoms with Crippen LogP contribution >= 0.6 is 0 Å². The molecule has 8 heteroatoms. The number of para-hydroxylation sites is 7. The number of rotatable bonds is 6. The predicted molar refractivity (Wildman–Crippen MR) is 354 cm³/mol. The zero-order chi connectivity index (χ0) is 57.5. The lowest BCUT2D eigenvalue weighted by molar-refractivity contribution is 0.533. The Balaban J connectivity index is 0.00000282. The maximum atomic E-state index is 6.12. The minimum Gasteiger partial charge on any atom is -0.318 e. The van der Waals surface area contributed by atoms with E-state index in [9.17, 15) is 0 Å². The predicted octanol–water partition coefficient (Wildman–Crippen LogP) is 17.9. The van der Waals surface area contributed by atoms with Crippen molar-refractivity contribution in [1.29, 1.82) is 0 Å². The van der Waals surface area contributed by atoms with E-state index in [0.717, 1.165) is 89.9 Å². The minimum atomic E-state index is -1.03. The van der Waals surface area contributed by atoms with Gasteiger partial charge in [0.2, 0.25) is 0 Å². The lowest BCUT2D eigenvalue weighted by Gasteiger charge is -2.45. The molecule has 4 aliphatic carbocycles. The van der Waals surface area contributed by atoms with Crippen molar-refractivity contribution in [2.75, 3.05) is 4.90 Å². The van der Waals surface area contributed by atoms with Crippen LogP contribution in [0.4, 0.5) is 11.5 Å². The number of anilines is 2. The largest absolute Gasteiger partial charge is 0.318 e. The number of allylic oxidation sites excluding steroid dienone is 2. The second-order valence-electron chi connectivity index (χ2n) is 23.2. The van der Waals surface area contributed by atoms with E-state index in [-0.39, 0.29) is 12.0 Å². The Kier molecular flexibility index (Phi) is 10.7. The SMILES string of the molecule is C1=CC2c3ccccc3N(c3cc(-n4c5ccccc5c5ccccc54)nc(C45c6ccccc6CC(c6nc(-n7c8ccccc8c8ccccc87)cc(-n7c8ccccc8c8ccccc87)n6)(c6ccccc64)c4ccccc45)n3)C2C=C1.CC. The van der Waals surface area contributed by atoms with Gasteiger partial charge in [-0.1, -0.05) is 238 Å². The number of aromatic nitrogens is 7. The molecular weight excluding hydrogens is 1060 g/mol. The summed E-state index contributed by atoms with van der Waals surface area (Å²) in [6.07, 6.45) is 9.63. The summed E-state index contributed by atoms with van der Waals surface area (Å²) >= 11 is 0. The topological polar surface area (TPSA) is 69.6 Å². The summed E-state index contributed by atoms with van der Waals surface area (Å²) in [5, 5.41) is 7.02. The van der Waals surface area contributed by atoms with Gasteiger partial charge < -0.3 is 4.90 Å². The molecule has 1 aliphatic heterocycles. The van der Waals surface area contributed by atoms with Crippen LogP contribution < -0.4 is 4.90 Å². The summed E-state index contributed by atoms with van der Waals surface area (Å²) in [6.45, 7) is 4.00. The van der Waals surface area contributed by atoms with Crippen molar-refractivity contribution in [2.45, 2.75) is 43.1 Å². The first kappa shape index (κ1) is 49.5. The molecule has 87 heavy (non-hydrogen) atoms. The van der Waals surface area contributed by atoms with Gasteiger partial charge in [-0.3, -0.25) is 13.7 Å². The van der Waals surface area contributed by atoms with E-state index in [1.165, 1.54) is 43.4 Å². The second-order valence-corrected chi connectivity index (χ2v) is 23.2. The van der Waals surface area contributed by atoms with Gasteiger partial charge in [0.15, 0.2) is 5.82 Å². The second kappa shape index (κ2) is 18.8. The molecule has 412 valence electrons. The summed E-state index contributed by atoms with van der Waals surface area (Å²) in [5.74, 6) is 4.78. The molecule has 0 N–H and O–H groups in total. The van der Waals surface area contributed by atoms with Crippen LogP contribution in [0.25, 0.3) is 82.9 Å². The molecule has 10 aromatic carbocycles. The molecule has 6 heterocycles. The van der Waals surface area contributed by atoms with Gasteiger partial charge >= 0.3 is 0 Å². The fraction of sp³-hybridized carbons (Fsp3) is 0.0886. The molecule has 2 atom stereocenters. The van der Waals surface area contributed by atoms with E-state index < -0.39 is 10.8 Å². The Hall–Kier alpha value is -11.0. The third-order valence-corrected chi connectivity index (χ3v) is 19.2. The summed E-state index contributed by atoms with van der Waals surface area (Å²) in [7, 11) is 0. The molecule has 0 spiro atoms. The first-order valence-corrected chi connectivity index (χ1v) is 30.4. The molecule has 2 unspecified atom stereocenters. The fourth-order valence-corrected chi connectivity index (χ4v) is 15.9. The quantitative estimate of drug-likeness (QED) is 0.166. The van der Waals surface area contributed by atoms with Gasteiger partial charge in [-0.25, -0.2) is 19.9 Å². The van der Waals surface area contributed by atoms with Crippen molar-refractivity contribution in [2.24, 2.45) is 0 Å². The van der Waals surface area contributed by atoms with E-state index in [2.05, 4.69) is 298 Å². The Morgan fingerprint density at radius 1 is 0.345 bits per heavy atom. The number of hydrogen-bond donors (Lipinski definition) is 0. The molecule has 5 aromatic heterocycles. The minimum absolute atomic E-state index is 0.00338. The Morgan fingerprint density at radius 3 is 1.18 bits per heavy atom. The molecule has 20 rings (SSSR count). The van der Waals surface area contributed by atoms with Gasteiger partial charge in [0.1, 0.15) is 34.5 Å². The molecule has 0 radical (unpaired) electrons. The fourth-order valence-electron chi connectivity index (χ4n) is 15.9. The van der Waals surface area contributed by atoms with Gasteiger partial charge in [0.05, 0.1) is 44.6 Å². The summed E-state index contributed by atoms with van der Waals surface area (Å²) in [6, 6.07) is 92.9. The van der Waals surface area contributed by atoms with Crippen LogP contribution in [0.1, 0.15) is 70.4 Å². The van der Waals surface area contributed by atoms with E-state index in [1.54, 1.807) is 0 Å². The molecule has 0 amide bonds. The Labute approximate surface area is 502 Å².